The van der Waals surface area contributed by atoms with Gasteiger partial charge in [0.15, 0.2) is 18.1 Å². The molecule has 1 saturated heterocycles. The minimum atomic E-state index is -0.755. The molecule has 1 fully saturated rings. The molecular weight excluding hydrogens is 603 g/mol. The minimum absolute atomic E-state index is 0.245. The lowest BCUT2D eigenvalue weighted by Crippen LogP contribution is -2.32. The topological polar surface area (TPSA) is 127 Å². The van der Waals surface area contributed by atoms with Crippen LogP contribution in [0.5, 0.6) is 17.2 Å². The standard InChI is InChI=1S/C32H29N3O7S2/c1-4-41-23-15-18(7-14-22(23)42-16-24(36)33-19-8-5-17(2)6-9-19)25-26-28(43-29-27(25)44-32(39)34-29)31(38)35(30(26)37)20-10-12-21(40-3)13-11-20/h5-15,25-26,28H,4,16H2,1-3H3,(H,33,36)(H,34,39)/t25-,26?,28?/m1/s1. The first-order valence-corrected chi connectivity index (χ1v) is 15.6. The van der Waals surface area contributed by atoms with Gasteiger partial charge in [-0.15, -0.1) is 0 Å². The van der Waals surface area contributed by atoms with E-state index in [4.69, 9.17) is 14.2 Å². The summed E-state index contributed by atoms with van der Waals surface area (Å²) in [5.41, 5.74) is 2.89. The van der Waals surface area contributed by atoms with Crippen LogP contribution in [0.1, 0.15) is 28.8 Å². The number of nitrogens with one attached hydrogen (secondary N) is 2. The van der Waals surface area contributed by atoms with Crippen LogP contribution in [0.4, 0.5) is 11.4 Å². The highest BCUT2D eigenvalue weighted by Gasteiger charge is 2.56. The molecule has 0 aliphatic carbocycles. The summed E-state index contributed by atoms with van der Waals surface area (Å²) in [7, 11) is 1.54. The normalized spacial score (nSPS) is 18.9. The number of nitrogens with zero attached hydrogens (tertiary/aromatic N) is 1. The summed E-state index contributed by atoms with van der Waals surface area (Å²) in [5, 5.41) is 2.65. The zero-order valence-corrected chi connectivity index (χ0v) is 25.8. The molecule has 4 aromatic rings. The second-order valence-electron chi connectivity index (χ2n) is 10.3. The molecule has 2 N–H and O–H groups in total. The van der Waals surface area contributed by atoms with E-state index in [-0.39, 0.29) is 29.2 Å². The molecule has 44 heavy (non-hydrogen) atoms. The third kappa shape index (κ3) is 5.58. The first kappa shape index (κ1) is 29.5. The average Bonchev–Trinajstić information content (AvgIpc) is 3.51. The SMILES string of the molecule is CCOc1cc([C@H]2c3sc(=O)[nH]c3SC3C(=O)N(c4ccc(OC)cc4)C(=O)C32)ccc1OCC(=O)Nc1ccc(C)cc1. The number of imide groups is 1. The van der Waals surface area contributed by atoms with Crippen molar-refractivity contribution in [2.45, 2.75) is 30.0 Å². The Morgan fingerprint density at radius 1 is 0.955 bits per heavy atom. The highest BCUT2D eigenvalue weighted by atomic mass is 32.2. The Morgan fingerprint density at radius 3 is 2.41 bits per heavy atom. The quantitative estimate of drug-likeness (QED) is 0.248. The van der Waals surface area contributed by atoms with Gasteiger partial charge in [-0.2, -0.15) is 0 Å². The molecule has 2 aliphatic rings. The Balaban J connectivity index is 1.30. The van der Waals surface area contributed by atoms with Gasteiger partial charge in [0.2, 0.25) is 11.8 Å². The van der Waals surface area contributed by atoms with Crippen molar-refractivity contribution >= 4 is 52.2 Å². The zero-order valence-electron chi connectivity index (χ0n) is 24.1. The molecule has 0 radical (unpaired) electrons. The van der Waals surface area contributed by atoms with E-state index in [0.717, 1.165) is 16.9 Å². The molecular formula is C32H29N3O7S2. The van der Waals surface area contributed by atoms with E-state index in [9.17, 15) is 19.2 Å². The third-order valence-corrected chi connectivity index (χ3v) is 9.88. The Hall–Kier alpha value is -4.55. The van der Waals surface area contributed by atoms with Gasteiger partial charge >= 0.3 is 4.87 Å². The summed E-state index contributed by atoms with van der Waals surface area (Å²) in [6, 6.07) is 19.4. The smallest absolute Gasteiger partial charge is 0.305 e. The Morgan fingerprint density at radius 2 is 1.70 bits per heavy atom. The number of ether oxygens (including phenoxy) is 3. The highest BCUT2D eigenvalue weighted by Crippen LogP contribution is 2.53. The van der Waals surface area contributed by atoms with Crippen LogP contribution in [0.25, 0.3) is 0 Å². The molecule has 3 atom stereocenters. The van der Waals surface area contributed by atoms with Crippen LogP contribution in [0.3, 0.4) is 0 Å². The number of benzene rings is 3. The summed E-state index contributed by atoms with van der Waals surface area (Å²) in [6.45, 7) is 3.88. The number of thiazole rings is 1. The molecule has 0 spiro atoms. The second kappa shape index (κ2) is 12.2. The fourth-order valence-corrected chi connectivity index (χ4v) is 7.96. The van der Waals surface area contributed by atoms with E-state index in [1.807, 2.05) is 38.1 Å². The largest absolute Gasteiger partial charge is 0.497 e. The number of amides is 3. The Kier molecular flexibility index (Phi) is 8.19. The number of H-pyrrole nitrogens is 1. The lowest BCUT2D eigenvalue weighted by molar-refractivity contribution is -0.122. The van der Waals surface area contributed by atoms with Crippen molar-refractivity contribution < 1.29 is 28.6 Å². The molecule has 0 bridgehead atoms. The van der Waals surface area contributed by atoms with Gasteiger partial charge in [0.05, 0.1) is 30.3 Å². The van der Waals surface area contributed by atoms with Crippen LogP contribution in [0.2, 0.25) is 0 Å². The molecule has 12 heteroatoms. The molecule has 3 aromatic carbocycles. The first-order chi connectivity index (χ1) is 21.3. The summed E-state index contributed by atoms with van der Waals surface area (Å²) < 4.78 is 17.0. The van der Waals surface area contributed by atoms with E-state index in [1.54, 1.807) is 49.6 Å². The molecule has 226 valence electrons. The Labute approximate surface area is 261 Å². The fourth-order valence-electron chi connectivity index (χ4n) is 5.44. The van der Waals surface area contributed by atoms with Gasteiger partial charge in [-0.25, -0.2) is 4.90 Å². The number of anilines is 2. The van der Waals surface area contributed by atoms with Gasteiger partial charge in [-0.3, -0.25) is 19.2 Å². The van der Waals surface area contributed by atoms with E-state index < -0.39 is 17.1 Å². The molecule has 2 aliphatic heterocycles. The van der Waals surface area contributed by atoms with Crippen molar-refractivity contribution in [2.24, 2.45) is 5.92 Å². The zero-order chi connectivity index (χ0) is 31.0. The van der Waals surface area contributed by atoms with E-state index >= 15 is 0 Å². The number of hydrogen-bond acceptors (Lipinski definition) is 9. The van der Waals surface area contributed by atoms with Gasteiger partial charge < -0.3 is 24.5 Å². The van der Waals surface area contributed by atoms with E-state index in [1.165, 1.54) is 16.7 Å². The van der Waals surface area contributed by atoms with Crippen LogP contribution in [-0.2, 0) is 14.4 Å². The summed E-state index contributed by atoms with van der Waals surface area (Å²) >= 11 is 2.24. The van der Waals surface area contributed by atoms with E-state index in [2.05, 4.69) is 10.3 Å². The molecule has 1 aromatic heterocycles. The number of hydrogen-bond donors (Lipinski definition) is 2. The lowest BCUT2D eigenvalue weighted by Gasteiger charge is -2.30. The van der Waals surface area contributed by atoms with Gasteiger partial charge in [0.1, 0.15) is 11.0 Å². The van der Waals surface area contributed by atoms with Gasteiger partial charge in [-0.1, -0.05) is 46.9 Å². The number of fused-ring (bicyclic) bond motifs is 2. The fraction of sp³-hybridized carbons (Fsp3) is 0.250. The van der Waals surface area contributed by atoms with Crippen molar-refractivity contribution in [2.75, 3.05) is 30.5 Å². The summed E-state index contributed by atoms with van der Waals surface area (Å²) in [5.74, 6) is -1.02. The number of methoxy groups -OCH3 is 1. The number of aromatic amines is 1. The lowest BCUT2D eigenvalue weighted by atomic mass is 9.83. The molecule has 2 unspecified atom stereocenters. The first-order valence-electron chi connectivity index (χ1n) is 13.9. The number of carbonyl (C=O) groups excluding carboxylic acids is 3. The van der Waals surface area contributed by atoms with Gasteiger partial charge in [0.25, 0.3) is 5.91 Å². The van der Waals surface area contributed by atoms with Crippen molar-refractivity contribution in [3.63, 3.8) is 0 Å². The summed E-state index contributed by atoms with van der Waals surface area (Å²) in [6.07, 6.45) is 0. The third-order valence-electron chi connectivity index (χ3n) is 7.48. The maximum atomic E-state index is 14.0. The van der Waals surface area contributed by atoms with Crippen LogP contribution < -0.4 is 29.3 Å². The van der Waals surface area contributed by atoms with Crippen molar-refractivity contribution in [1.82, 2.24) is 4.98 Å². The summed E-state index contributed by atoms with van der Waals surface area (Å²) in [4.78, 5) is 57.2. The monoisotopic (exact) mass is 631 g/mol. The highest BCUT2D eigenvalue weighted by molar-refractivity contribution is 8.00. The molecule has 10 nitrogen and oxygen atoms in total. The van der Waals surface area contributed by atoms with Crippen molar-refractivity contribution in [3.8, 4) is 17.2 Å². The molecule has 0 saturated carbocycles. The maximum Gasteiger partial charge on any atom is 0.305 e. The van der Waals surface area contributed by atoms with Crippen molar-refractivity contribution in [3.05, 3.63) is 92.4 Å². The number of thioether (sulfide) groups is 1. The number of rotatable bonds is 9. The Bertz CT molecular complexity index is 1780. The maximum absolute atomic E-state index is 14.0. The van der Waals surface area contributed by atoms with E-state index in [0.29, 0.717) is 50.7 Å². The molecule has 3 amide bonds. The van der Waals surface area contributed by atoms with Gasteiger partial charge in [0, 0.05) is 16.5 Å². The number of aromatic nitrogens is 1. The molecule has 3 heterocycles. The van der Waals surface area contributed by atoms with Crippen LogP contribution in [-0.4, -0.2) is 48.3 Å². The second-order valence-corrected chi connectivity index (χ2v) is 12.5. The predicted octanol–water partition coefficient (Wildman–Crippen LogP) is 4.97. The van der Waals surface area contributed by atoms with Crippen LogP contribution in [0, 0.1) is 12.8 Å². The average molecular weight is 632 g/mol. The van der Waals surface area contributed by atoms with Crippen LogP contribution in [0.15, 0.2) is 76.6 Å². The number of carbonyl (C=O) groups is 3. The minimum Gasteiger partial charge on any atom is -0.497 e. The number of aryl methyl sites for hydroxylation is 1. The molecule has 6 rings (SSSR count). The predicted molar refractivity (Wildman–Crippen MR) is 168 cm³/mol. The van der Waals surface area contributed by atoms with Crippen LogP contribution >= 0.6 is 23.1 Å². The van der Waals surface area contributed by atoms with Gasteiger partial charge in [-0.05, 0) is 67.9 Å². The van der Waals surface area contributed by atoms with Crippen molar-refractivity contribution in [1.29, 1.82) is 0 Å².